The lowest BCUT2D eigenvalue weighted by Gasteiger charge is -2.02. The molecule has 1 aromatic carbocycles. The summed E-state index contributed by atoms with van der Waals surface area (Å²) >= 11 is 5.40. The number of carbonyl (C=O) groups is 1. The van der Waals surface area contributed by atoms with Crippen LogP contribution in [-0.4, -0.2) is 23.7 Å². The molecule has 0 saturated carbocycles. The molecule has 0 radical (unpaired) electrons. The van der Waals surface area contributed by atoms with Gasteiger partial charge in [0.2, 0.25) is 0 Å². The largest absolute Gasteiger partial charge is 0.490 e. The lowest BCUT2D eigenvalue weighted by Crippen LogP contribution is -2.17. The van der Waals surface area contributed by atoms with Crippen LogP contribution in [0.4, 0.5) is 0 Å². The molecule has 112 valence electrons. The number of ether oxygens (including phenoxy) is 1. The summed E-state index contributed by atoms with van der Waals surface area (Å²) < 4.78 is 5.41. The predicted molar refractivity (Wildman–Crippen MR) is 86.2 cm³/mol. The molecular weight excluding hydrogens is 302 g/mol. The average Bonchev–Trinajstić information content (AvgIpc) is 2.57. The number of nitrogens with one attached hydrogen (secondary N) is 1. The second kappa shape index (κ2) is 8.59. The van der Waals surface area contributed by atoms with Crippen LogP contribution in [0.5, 0.6) is 5.75 Å². The summed E-state index contributed by atoms with van der Waals surface area (Å²) in [5.41, 5.74) is 5.21. The van der Waals surface area contributed by atoms with E-state index in [1.807, 2.05) is 24.3 Å². The Morgan fingerprint density at radius 1 is 1.23 bits per heavy atom. The molecule has 0 spiro atoms. The zero-order chi connectivity index (χ0) is 15.6. The van der Waals surface area contributed by atoms with Gasteiger partial charge in [-0.3, -0.25) is 9.78 Å². The van der Waals surface area contributed by atoms with Crippen LogP contribution in [0, 0.1) is 0 Å². The minimum atomic E-state index is -0.286. The minimum Gasteiger partial charge on any atom is -0.490 e. The van der Waals surface area contributed by atoms with Gasteiger partial charge in [0.25, 0.3) is 5.91 Å². The maximum atomic E-state index is 11.7. The van der Waals surface area contributed by atoms with Gasteiger partial charge in [-0.25, -0.2) is 5.43 Å². The number of nitrogens with zero attached hydrogens (tertiary/aromatic N) is 2. The SMILES string of the molecule is O=C(N/N=C\c1ccc(OC/C=C/Cl)cc1)c1ccncc1. The van der Waals surface area contributed by atoms with Crippen LogP contribution in [0.25, 0.3) is 0 Å². The Bertz CT molecular complexity index is 655. The average molecular weight is 316 g/mol. The Morgan fingerprint density at radius 3 is 2.64 bits per heavy atom. The third-order valence-electron chi connectivity index (χ3n) is 2.64. The summed E-state index contributed by atoms with van der Waals surface area (Å²) in [4.78, 5) is 15.6. The first kappa shape index (κ1) is 15.7. The molecule has 0 saturated heterocycles. The van der Waals surface area contributed by atoms with Crippen molar-refractivity contribution in [2.24, 2.45) is 5.10 Å². The molecule has 5 nitrogen and oxygen atoms in total. The van der Waals surface area contributed by atoms with Gasteiger partial charge in [0, 0.05) is 23.5 Å². The van der Waals surface area contributed by atoms with Crippen molar-refractivity contribution >= 4 is 23.7 Å². The molecule has 2 aromatic rings. The molecule has 2 rings (SSSR count). The molecule has 1 amide bonds. The highest BCUT2D eigenvalue weighted by Crippen LogP contribution is 2.11. The normalized spacial score (nSPS) is 11.0. The molecule has 0 aliphatic carbocycles. The molecule has 0 fully saturated rings. The zero-order valence-electron chi connectivity index (χ0n) is 11.6. The first-order valence-corrected chi connectivity index (χ1v) is 6.95. The number of carbonyl (C=O) groups excluding carboxylic acids is 1. The smallest absolute Gasteiger partial charge is 0.271 e. The van der Waals surface area contributed by atoms with Crippen LogP contribution < -0.4 is 10.2 Å². The number of hydrogen-bond donors (Lipinski definition) is 1. The summed E-state index contributed by atoms with van der Waals surface area (Å²) in [6.07, 6.45) is 6.36. The van der Waals surface area contributed by atoms with Gasteiger partial charge in [-0.05, 0) is 48.0 Å². The van der Waals surface area contributed by atoms with Crippen molar-refractivity contribution in [2.45, 2.75) is 0 Å². The zero-order valence-corrected chi connectivity index (χ0v) is 12.4. The topological polar surface area (TPSA) is 63.6 Å². The van der Waals surface area contributed by atoms with Crippen molar-refractivity contribution in [2.75, 3.05) is 6.61 Å². The van der Waals surface area contributed by atoms with E-state index in [4.69, 9.17) is 16.3 Å². The van der Waals surface area contributed by atoms with Gasteiger partial charge < -0.3 is 4.74 Å². The van der Waals surface area contributed by atoms with Crippen LogP contribution in [0.2, 0.25) is 0 Å². The van der Waals surface area contributed by atoms with Crippen LogP contribution in [0.1, 0.15) is 15.9 Å². The molecule has 0 unspecified atom stereocenters. The van der Waals surface area contributed by atoms with Crippen LogP contribution in [0.15, 0.2) is 65.5 Å². The number of halogens is 1. The van der Waals surface area contributed by atoms with E-state index in [1.165, 1.54) is 5.54 Å². The van der Waals surface area contributed by atoms with Gasteiger partial charge in [-0.15, -0.1) is 0 Å². The minimum absolute atomic E-state index is 0.286. The van der Waals surface area contributed by atoms with Crippen LogP contribution in [-0.2, 0) is 0 Å². The van der Waals surface area contributed by atoms with Gasteiger partial charge in [-0.1, -0.05) is 11.6 Å². The third kappa shape index (κ3) is 5.03. The van der Waals surface area contributed by atoms with Crippen molar-refractivity contribution in [1.29, 1.82) is 0 Å². The van der Waals surface area contributed by atoms with Crippen molar-refractivity contribution in [3.8, 4) is 5.75 Å². The van der Waals surface area contributed by atoms with Crippen molar-refractivity contribution in [3.63, 3.8) is 0 Å². The molecule has 6 heteroatoms. The number of amides is 1. The fourth-order valence-corrected chi connectivity index (χ4v) is 1.64. The van der Waals surface area contributed by atoms with Crippen LogP contribution >= 0.6 is 11.6 Å². The number of benzene rings is 1. The number of hydrazone groups is 1. The van der Waals surface area contributed by atoms with Crippen LogP contribution in [0.3, 0.4) is 0 Å². The molecule has 22 heavy (non-hydrogen) atoms. The molecule has 0 atom stereocenters. The Morgan fingerprint density at radius 2 is 1.95 bits per heavy atom. The lowest BCUT2D eigenvalue weighted by atomic mass is 10.2. The maximum absolute atomic E-state index is 11.7. The Hall–Kier alpha value is -2.66. The second-order valence-electron chi connectivity index (χ2n) is 4.18. The number of aromatic nitrogens is 1. The van der Waals surface area contributed by atoms with E-state index >= 15 is 0 Å². The van der Waals surface area contributed by atoms with Gasteiger partial charge in [0.15, 0.2) is 0 Å². The Kier molecular flexibility index (Phi) is 6.14. The molecule has 0 aliphatic heterocycles. The summed E-state index contributed by atoms with van der Waals surface area (Å²) in [6, 6.07) is 10.5. The van der Waals surface area contributed by atoms with Gasteiger partial charge in [-0.2, -0.15) is 5.10 Å². The molecule has 1 heterocycles. The Labute approximate surface area is 133 Å². The summed E-state index contributed by atoms with van der Waals surface area (Å²) in [5.74, 6) is 0.444. The molecule has 0 bridgehead atoms. The Balaban J connectivity index is 1.86. The third-order valence-corrected chi connectivity index (χ3v) is 2.82. The predicted octanol–water partition coefficient (Wildman–Crippen LogP) is 2.98. The monoisotopic (exact) mass is 315 g/mol. The highest BCUT2D eigenvalue weighted by Gasteiger charge is 2.01. The van der Waals surface area contributed by atoms with Crippen molar-refractivity contribution < 1.29 is 9.53 Å². The second-order valence-corrected chi connectivity index (χ2v) is 4.43. The van der Waals surface area contributed by atoms with Gasteiger partial charge in [0.05, 0.1) is 6.21 Å². The van der Waals surface area contributed by atoms with E-state index in [2.05, 4.69) is 15.5 Å². The van der Waals surface area contributed by atoms with Crippen molar-refractivity contribution in [3.05, 3.63) is 71.5 Å². The maximum Gasteiger partial charge on any atom is 0.271 e. The van der Waals surface area contributed by atoms with Crippen molar-refractivity contribution in [1.82, 2.24) is 10.4 Å². The number of pyridine rings is 1. The number of hydrogen-bond acceptors (Lipinski definition) is 4. The molecule has 1 N–H and O–H groups in total. The number of rotatable bonds is 6. The first-order valence-electron chi connectivity index (χ1n) is 6.51. The van der Waals surface area contributed by atoms with Gasteiger partial charge >= 0.3 is 0 Å². The first-order chi connectivity index (χ1) is 10.8. The van der Waals surface area contributed by atoms with E-state index in [-0.39, 0.29) is 5.91 Å². The van der Waals surface area contributed by atoms with E-state index in [0.717, 1.165) is 11.3 Å². The van der Waals surface area contributed by atoms with E-state index in [9.17, 15) is 4.79 Å². The fraction of sp³-hybridized carbons (Fsp3) is 0.0625. The lowest BCUT2D eigenvalue weighted by molar-refractivity contribution is 0.0955. The quantitative estimate of drug-likeness (QED) is 0.658. The highest BCUT2D eigenvalue weighted by atomic mass is 35.5. The summed E-state index contributed by atoms with van der Waals surface area (Å²) in [6.45, 7) is 0.416. The van der Waals surface area contributed by atoms with E-state index < -0.39 is 0 Å². The summed E-state index contributed by atoms with van der Waals surface area (Å²) in [7, 11) is 0. The van der Waals surface area contributed by atoms with Gasteiger partial charge in [0.1, 0.15) is 12.4 Å². The molecule has 0 aliphatic rings. The molecule has 1 aromatic heterocycles. The van der Waals surface area contributed by atoms with E-state index in [1.54, 1.807) is 36.8 Å². The standard InChI is InChI=1S/C16H14ClN3O2/c17-8-1-11-22-15-4-2-13(3-5-15)12-19-20-16(21)14-6-9-18-10-7-14/h1-10,12H,11H2,(H,20,21)/b8-1+,19-12-. The highest BCUT2D eigenvalue weighted by molar-refractivity contribution is 6.25. The summed E-state index contributed by atoms with van der Waals surface area (Å²) in [5, 5.41) is 3.91. The molecular formula is C16H14ClN3O2. The fourth-order valence-electron chi connectivity index (χ4n) is 1.56. The van der Waals surface area contributed by atoms with E-state index in [0.29, 0.717) is 12.2 Å².